The van der Waals surface area contributed by atoms with Crippen LogP contribution in [0.5, 0.6) is 0 Å². The third-order valence-corrected chi connectivity index (χ3v) is 6.67. The molecule has 4 rings (SSSR count). The molecule has 1 aliphatic rings. The van der Waals surface area contributed by atoms with E-state index in [2.05, 4.69) is 4.90 Å². The first-order valence-corrected chi connectivity index (χ1v) is 11.9. The van der Waals surface area contributed by atoms with E-state index < -0.39 is 10.0 Å². The van der Waals surface area contributed by atoms with Gasteiger partial charge in [-0.15, -0.1) is 0 Å². The molecule has 1 amide bonds. The standard InChI is InChI=1S/C23H24FN3O3S/c1-31(29,30)27(22-8-4-6-18-5-2-3-7-21(18)22)17-23(28)26-15-13-25(14-16-26)20-11-9-19(24)10-12-20/h2-12H,13-17H2,1H3. The van der Waals surface area contributed by atoms with E-state index >= 15 is 0 Å². The van der Waals surface area contributed by atoms with Crippen LogP contribution in [0.15, 0.2) is 66.7 Å². The van der Waals surface area contributed by atoms with Crippen LogP contribution in [0.1, 0.15) is 0 Å². The minimum absolute atomic E-state index is 0.239. The highest BCUT2D eigenvalue weighted by Crippen LogP contribution is 2.28. The third-order valence-electron chi connectivity index (χ3n) is 5.54. The average molecular weight is 442 g/mol. The van der Waals surface area contributed by atoms with Crippen molar-refractivity contribution in [3.8, 4) is 0 Å². The number of carbonyl (C=O) groups is 1. The number of fused-ring (bicyclic) bond motifs is 1. The van der Waals surface area contributed by atoms with Gasteiger partial charge >= 0.3 is 0 Å². The van der Waals surface area contributed by atoms with Gasteiger partial charge in [-0.3, -0.25) is 9.10 Å². The lowest BCUT2D eigenvalue weighted by atomic mass is 10.1. The number of carbonyl (C=O) groups excluding carboxylic acids is 1. The molecule has 1 heterocycles. The van der Waals surface area contributed by atoms with Crippen LogP contribution in [0.3, 0.4) is 0 Å². The van der Waals surface area contributed by atoms with Crippen molar-refractivity contribution in [1.82, 2.24) is 4.90 Å². The van der Waals surface area contributed by atoms with Gasteiger partial charge in [0.1, 0.15) is 12.4 Å². The SMILES string of the molecule is CS(=O)(=O)N(CC(=O)N1CCN(c2ccc(F)cc2)CC1)c1cccc2ccccc12. The van der Waals surface area contributed by atoms with E-state index in [4.69, 9.17) is 0 Å². The molecule has 0 atom stereocenters. The van der Waals surface area contributed by atoms with Gasteiger partial charge in [0.05, 0.1) is 11.9 Å². The minimum atomic E-state index is -3.66. The lowest BCUT2D eigenvalue weighted by Gasteiger charge is -2.37. The van der Waals surface area contributed by atoms with Crippen LogP contribution >= 0.6 is 0 Å². The summed E-state index contributed by atoms with van der Waals surface area (Å²) < 4.78 is 39.5. The molecule has 0 bridgehead atoms. The number of anilines is 2. The van der Waals surface area contributed by atoms with Gasteiger partial charge in [-0.05, 0) is 35.7 Å². The van der Waals surface area contributed by atoms with Gasteiger partial charge in [-0.25, -0.2) is 12.8 Å². The van der Waals surface area contributed by atoms with Gasteiger partial charge in [0.2, 0.25) is 15.9 Å². The van der Waals surface area contributed by atoms with Crippen molar-refractivity contribution >= 4 is 38.1 Å². The summed E-state index contributed by atoms with van der Waals surface area (Å²) in [6, 6.07) is 19.2. The quantitative estimate of drug-likeness (QED) is 0.611. The molecule has 3 aromatic rings. The molecule has 0 N–H and O–H groups in total. The molecule has 8 heteroatoms. The van der Waals surface area contributed by atoms with Crippen LogP contribution in [0.25, 0.3) is 10.8 Å². The Balaban J connectivity index is 1.50. The van der Waals surface area contributed by atoms with E-state index in [0.717, 1.165) is 22.7 Å². The summed E-state index contributed by atoms with van der Waals surface area (Å²) >= 11 is 0. The number of nitrogens with zero attached hydrogens (tertiary/aromatic N) is 3. The third kappa shape index (κ3) is 4.64. The molecule has 1 fully saturated rings. The summed E-state index contributed by atoms with van der Waals surface area (Å²) in [4.78, 5) is 16.8. The van der Waals surface area contributed by atoms with E-state index in [-0.39, 0.29) is 18.3 Å². The van der Waals surface area contributed by atoms with Gasteiger partial charge < -0.3 is 9.80 Å². The zero-order valence-corrected chi connectivity index (χ0v) is 18.1. The maximum absolute atomic E-state index is 13.2. The van der Waals surface area contributed by atoms with Crippen LogP contribution in [-0.4, -0.2) is 58.2 Å². The Hall–Kier alpha value is -3.13. The monoisotopic (exact) mass is 441 g/mol. The van der Waals surface area contributed by atoms with Gasteiger partial charge in [0, 0.05) is 37.3 Å². The normalized spacial score (nSPS) is 14.6. The smallest absolute Gasteiger partial charge is 0.243 e. The first kappa shape index (κ1) is 21.1. The van der Waals surface area contributed by atoms with Crippen LogP contribution < -0.4 is 9.21 Å². The van der Waals surface area contributed by atoms with Crippen molar-refractivity contribution < 1.29 is 17.6 Å². The summed E-state index contributed by atoms with van der Waals surface area (Å²) in [5.74, 6) is -0.524. The average Bonchev–Trinajstić information content (AvgIpc) is 2.77. The Morgan fingerprint density at radius 2 is 1.58 bits per heavy atom. The topological polar surface area (TPSA) is 60.9 Å². The number of piperazine rings is 1. The summed E-state index contributed by atoms with van der Waals surface area (Å²) in [5, 5.41) is 1.69. The molecule has 1 aliphatic heterocycles. The molecule has 162 valence electrons. The van der Waals surface area contributed by atoms with E-state index in [1.807, 2.05) is 30.3 Å². The lowest BCUT2D eigenvalue weighted by Crippen LogP contribution is -2.52. The Morgan fingerprint density at radius 1 is 0.935 bits per heavy atom. The van der Waals surface area contributed by atoms with Gasteiger partial charge in [-0.2, -0.15) is 0 Å². The Bertz CT molecular complexity index is 1180. The van der Waals surface area contributed by atoms with Crippen molar-refractivity contribution in [2.24, 2.45) is 0 Å². The number of rotatable bonds is 5. The van der Waals surface area contributed by atoms with Crippen molar-refractivity contribution in [1.29, 1.82) is 0 Å². The largest absolute Gasteiger partial charge is 0.368 e. The number of hydrogen-bond acceptors (Lipinski definition) is 4. The van der Waals surface area contributed by atoms with Gasteiger partial charge in [0.15, 0.2) is 0 Å². The molecule has 0 radical (unpaired) electrons. The number of benzene rings is 3. The Morgan fingerprint density at radius 3 is 2.26 bits per heavy atom. The fraction of sp³-hybridized carbons (Fsp3) is 0.261. The fourth-order valence-electron chi connectivity index (χ4n) is 3.90. The van der Waals surface area contributed by atoms with Crippen LogP contribution in [0.2, 0.25) is 0 Å². The van der Waals surface area contributed by atoms with Gasteiger partial charge in [0.25, 0.3) is 0 Å². The van der Waals surface area contributed by atoms with Crippen LogP contribution in [0, 0.1) is 5.82 Å². The van der Waals surface area contributed by atoms with Crippen LogP contribution in [0.4, 0.5) is 15.8 Å². The number of hydrogen-bond donors (Lipinski definition) is 0. The highest BCUT2D eigenvalue weighted by atomic mass is 32.2. The highest BCUT2D eigenvalue weighted by Gasteiger charge is 2.27. The summed E-state index contributed by atoms with van der Waals surface area (Å²) in [7, 11) is -3.66. The molecule has 0 aromatic heterocycles. The van der Waals surface area contributed by atoms with E-state index in [9.17, 15) is 17.6 Å². The zero-order valence-electron chi connectivity index (χ0n) is 17.2. The number of sulfonamides is 1. The molecule has 1 saturated heterocycles. The second kappa shape index (κ2) is 8.55. The second-order valence-corrected chi connectivity index (χ2v) is 9.52. The minimum Gasteiger partial charge on any atom is -0.368 e. The first-order valence-electron chi connectivity index (χ1n) is 10.1. The molecular formula is C23H24FN3O3S. The lowest BCUT2D eigenvalue weighted by molar-refractivity contribution is -0.129. The van der Waals surface area contributed by atoms with Crippen molar-refractivity contribution in [3.05, 3.63) is 72.5 Å². The molecule has 0 unspecified atom stereocenters. The fourth-order valence-corrected chi connectivity index (χ4v) is 4.76. The zero-order chi connectivity index (χ0) is 22.0. The molecule has 0 saturated carbocycles. The summed E-state index contributed by atoms with van der Waals surface area (Å²) in [5.41, 5.74) is 1.40. The van der Waals surface area contributed by atoms with E-state index in [0.29, 0.717) is 31.9 Å². The summed E-state index contributed by atoms with van der Waals surface area (Å²) in [6.07, 6.45) is 1.12. The second-order valence-electron chi connectivity index (χ2n) is 7.61. The van der Waals surface area contributed by atoms with Crippen molar-refractivity contribution in [2.45, 2.75) is 0 Å². The van der Waals surface area contributed by atoms with Gasteiger partial charge in [-0.1, -0.05) is 36.4 Å². The predicted octanol–water partition coefficient (Wildman–Crippen LogP) is 3.09. The van der Waals surface area contributed by atoms with Crippen LogP contribution in [-0.2, 0) is 14.8 Å². The highest BCUT2D eigenvalue weighted by molar-refractivity contribution is 7.92. The van der Waals surface area contributed by atoms with Crippen molar-refractivity contribution in [3.63, 3.8) is 0 Å². The number of halogens is 1. The Labute approximate surface area is 181 Å². The summed E-state index contributed by atoms with van der Waals surface area (Å²) in [6.45, 7) is 1.91. The Kier molecular flexibility index (Phi) is 5.82. The molecule has 0 spiro atoms. The predicted molar refractivity (Wildman–Crippen MR) is 121 cm³/mol. The van der Waals surface area contributed by atoms with E-state index in [1.54, 1.807) is 29.2 Å². The molecule has 6 nitrogen and oxygen atoms in total. The maximum Gasteiger partial charge on any atom is 0.243 e. The van der Waals surface area contributed by atoms with E-state index in [1.165, 1.54) is 16.4 Å². The van der Waals surface area contributed by atoms with Crippen molar-refractivity contribution in [2.75, 3.05) is 48.2 Å². The molecule has 31 heavy (non-hydrogen) atoms. The molecular weight excluding hydrogens is 417 g/mol. The molecule has 3 aromatic carbocycles. The number of amides is 1. The maximum atomic E-state index is 13.2. The first-order chi connectivity index (χ1) is 14.8. The molecule has 0 aliphatic carbocycles.